The number of hydrogen-bond acceptors (Lipinski definition) is 7. The third-order valence-electron chi connectivity index (χ3n) is 10.9. The van der Waals surface area contributed by atoms with Crippen molar-refractivity contribution in [2.45, 2.75) is 80.3 Å². The first-order chi connectivity index (χ1) is 16.7. The van der Waals surface area contributed by atoms with E-state index in [9.17, 15) is 19.2 Å². The Balaban J connectivity index is 2.02. The summed E-state index contributed by atoms with van der Waals surface area (Å²) in [7, 11) is 2.85. The third-order valence-corrected chi connectivity index (χ3v) is 10.9. The number of rotatable bonds is 4. The molecule has 2 saturated carbocycles. The summed E-state index contributed by atoms with van der Waals surface area (Å²) in [6.07, 6.45) is 5.18. The summed E-state index contributed by atoms with van der Waals surface area (Å²) in [6.45, 7) is 13.0. The summed E-state index contributed by atoms with van der Waals surface area (Å²) in [6, 6.07) is 0. The molecule has 0 aromatic carbocycles. The van der Waals surface area contributed by atoms with E-state index in [1.807, 2.05) is 20.8 Å². The van der Waals surface area contributed by atoms with Crippen LogP contribution in [0.4, 0.5) is 0 Å². The van der Waals surface area contributed by atoms with Crippen molar-refractivity contribution in [3.8, 4) is 0 Å². The first kappa shape index (κ1) is 26.6. The van der Waals surface area contributed by atoms with Crippen LogP contribution in [0, 0.1) is 38.9 Å². The Labute approximate surface area is 214 Å². The SMILES string of the molecule is COC(=O)[C@@]12C(OC)=C(C)C(=O)[C@]1(C)C(C)=C[C@H]1[C@]3(C=O)CC[C@H](OC(C)=O)C(C)(C)[C@H]3CC[C@@]12C. The fraction of sp³-hybridized carbons (Fsp3) is 0.724. The number of aldehydes is 1. The molecule has 0 unspecified atom stereocenters. The van der Waals surface area contributed by atoms with Crippen molar-refractivity contribution in [2.75, 3.05) is 14.2 Å². The maximum Gasteiger partial charge on any atom is 0.321 e. The molecule has 0 N–H and O–H groups in total. The summed E-state index contributed by atoms with van der Waals surface area (Å²) in [5.41, 5.74) is -3.46. The number of carbonyl (C=O) groups is 4. The van der Waals surface area contributed by atoms with Crippen molar-refractivity contribution < 1.29 is 33.4 Å². The Kier molecular flexibility index (Phi) is 5.94. The van der Waals surface area contributed by atoms with E-state index in [2.05, 4.69) is 19.9 Å². The highest BCUT2D eigenvalue weighted by atomic mass is 16.5. The normalized spacial score (nSPS) is 43.0. The lowest BCUT2D eigenvalue weighted by Gasteiger charge is -2.68. The van der Waals surface area contributed by atoms with E-state index in [-0.39, 0.29) is 29.7 Å². The lowest BCUT2D eigenvalue weighted by molar-refractivity contribution is -0.218. The van der Waals surface area contributed by atoms with Gasteiger partial charge >= 0.3 is 11.9 Å². The van der Waals surface area contributed by atoms with Crippen molar-refractivity contribution in [3.63, 3.8) is 0 Å². The average molecular weight is 501 g/mol. The van der Waals surface area contributed by atoms with Crippen molar-refractivity contribution in [3.05, 3.63) is 23.0 Å². The molecular weight excluding hydrogens is 460 g/mol. The molecule has 0 aromatic heterocycles. The van der Waals surface area contributed by atoms with Gasteiger partial charge in [-0.3, -0.25) is 14.4 Å². The van der Waals surface area contributed by atoms with Gasteiger partial charge in [-0.1, -0.05) is 32.4 Å². The zero-order chi connectivity index (χ0) is 27.1. The lowest BCUT2D eigenvalue weighted by Crippen LogP contribution is -2.70. The molecule has 0 saturated heterocycles. The summed E-state index contributed by atoms with van der Waals surface area (Å²) < 4.78 is 17.1. The van der Waals surface area contributed by atoms with E-state index < -0.39 is 33.0 Å². The number of fused-ring (bicyclic) bond motifs is 5. The summed E-state index contributed by atoms with van der Waals surface area (Å²) in [5.74, 6) is -1.02. The molecule has 7 heteroatoms. The Bertz CT molecular complexity index is 1100. The van der Waals surface area contributed by atoms with Crippen LogP contribution in [0.2, 0.25) is 0 Å². The molecule has 0 aliphatic heterocycles. The fourth-order valence-electron chi connectivity index (χ4n) is 9.30. The highest BCUT2D eigenvalue weighted by molar-refractivity contribution is 6.11. The maximum atomic E-state index is 14.0. The predicted octanol–water partition coefficient (Wildman–Crippen LogP) is 4.58. The number of ether oxygens (including phenoxy) is 3. The van der Waals surface area contributed by atoms with E-state index >= 15 is 0 Å². The Hall–Kier alpha value is -2.44. The van der Waals surface area contributed by atoms with Gasteiger partial charge in [-0.15, -0.1) is 0 Å². The summed E-state index contributed by atoms with van der Waals surface area (Å²) >= 11 is 0. The van der Waals surface area contributed by atoms with E-state index in [1.54, 1.807) is 6.92 Å². The van der Waals surface area contributed by atoms with Crippen LogP contribution in [-0.2, 0) is 33.4 Å². The Morgan fingerprint density at radius 2 is 1.69 bits per heavy atom. The minimum atomic E-state index is -1.40. The van der Waals surface area contributed by atoms with Gasteiger partial charge in [0.05, 0.1) is 19.6 Å². The van der Waals surface area contributed by atoms with Crippen LogP contribution < -0.4 is 0 Å². The minimum absolute atomic E-state index is 0.0741. The van der Waals surface area contributed by atoms with Gasteiger partial charge in [0.1, 0.15) is 23.6 Å². The van der Waals surface area contributed by atoms with E-state index in [1.165, 1.54) is 21.1 Å². The predicted molar refractivity (Wildman–Crippen MR) is 132 cm³/mol. The highest BCUT2D eigenvalue weighted by Crippen LogP contribution is 2.77. The van der Waals surface area contributed by atoms with Gasteiger partial charge in [-0.05, 0) is 63.7 Å². The second kappa shape index (κ2) is 8.03. The molecule has 198 valence electrons. The largest absolute Gasteiger partial charge is 0.499 e. The number of methoxy groups -OCH3 is 2. The number of hydrogen-bond donors (Lipinski definition) is 0. The molecule has 0 heterocycles. The molecule has 0 bridgehead atoms. The van der Waals surface area contributed by atoms with Gasteiger partial charge in [0.2, 0.25) is 0 Å². The van der Waals surface area contributed by atoms with Gasteiger partial charge in [0.15, 0.2) is 5.78 Å². The maximum absolute atomic E-state index is 14.0. The Morgan fingerprint density at radius 3 is 2.22 bits per heavy atom. The minimum Gasteiger partial charge on any atom is -0.499 e. The lowest BCUT2D eigenvalue weighted by atomic mass is 9.33. The van der Waals surface area contributed by atoms with E-state index in [0.717, 1.165) is 11.9 Å². The number of ketones is 1. The molecule has 7 atom stereocenters. The van der Waals surface area contributed by atoms with E-state index in [4.69, 9.17) is 14.2 Å². The van der Waals surface area contributed by atoms with Crippen LogP contribution in [0.1, 0.15) is 74.1 Å². The van der Waals surface area contributed by atoms with Crippen LogP contribution >= 0.6 is 0 Å². The average Bonchev–Trinajstić information content (AvgIpc) is 3.01. The van der Waals surface area contributed by atoms with Crippen molar-refractivity contribution in [1.29, 1.82) is 0 Å². The zero-order valence-electron chi connectivity index (χ0n) is 23.1. The van der Waals surface area contributed by atoms with Gasteiger partial charge in [-0.2, -0.15) is 0 Å². The molecular formula is C29H40O7. The van der Waals surface area contributed by atoms with Gasteiger partial charge in [-0.25, -0.2) is 0 Å². The molecule has 7 nitrogen and oxygen atoms in total. The monoisotopic (exact) mass is 500 g/mol. The van der Waals surface area contributed by atoms with Crippen molar-refractivity contribution >= 4 is 24.0 Å². The first-order valence-electron chi connectivity index (χ1n) is 12.9. The number of Topliss-reactive ketones (excluding diaryl/α,β-unsaturated/α-hetero) is 1. The second-order valence-electron chi connectivity index (χ2n) is 12.4. The van der Waals surface area contributed by atoms with Gasteiger partial charge in [0.25, 0.3) is 0 Å². The number of esters is 2. The quantitative estimate of drug-likeness (QED) is 0.317. The first-order valence-corrected chi connectivity index (χ1v) is 12.9. The van der Waals surface area contributed by atoms with Gasteiger partial charge < -0.3 is 19.0 Å². The Morgan fingerprint density at radius 1 is 1.06 bits per heavy atom. The molecule has 0 radical (unpaired) electrons. The second-order valence-corrected chi connectivity index (χ2v) is 12.4. The fourth-order valence-corrected chi connectivity index (χ4v) is 9.30. The number of carbonyl (C=O) groups excluding carboxylic acids is 4. The van der Waals surface area contributed by atoms with Crippen LogP contribution in [0.25, 0.3) is 0 Å². The molecule has 0 amide bonds. The molecule has 36 heavy (non-hydrogen) atoms. The molecule has 4 aliphatic rings. The van der Waals surface area contributed by atoms with Gasteiger partial charge in [0, 0.05) is 23.3 Å². The summed E-state index contributed by atoms with van der Waals surface area (Å²) in [5, 5.41) is 0. The highest BCUT2D eigenvalue weighted by Gasteiger charge is 2.80. The van der Waals surface area contributed by atoms with Crippen molar-refractivity contribution in [1.82, 2.24) is 0 Å². The van der Waals surface area contributed by atoms with Crippen molar-refractivity contribution in [2.24, 2.45) is 38.9 Å². The summed E-state index contributed by atoms with van der Waals surface area (Å²) in [4.78, 5) is 53.0. The molecule has 0 spiro atoms. The standard InChI is InChI=1S/C29H40O7/c1-16-14-20-26(6,29(24(33)35-9)23(34-8)17(2)22(32)27(16,29)7)12-10-19-25(4,5)21(36-18(3)31)11-13-28(19,20)15-30/h14-15,19-21H,10-13H2,1-9H3/t19-,20-,21+,26+,27+,28+,29-/m1/s1. The smallest absolute Gasteiger partial charge is 0.321 e. The van der Waals surface area contributed by atoms with Crippen LogP contribution in [0.5, 0.6) is 0 Å². The molecule has 0 aromatic rings. The topological polar surface area (TPSA) is 96.0 Å². The van der Waals surface area contributed by atoms with Crippen LogP contribution in [0.15, 0.2) is 23.0 Å². The van der Waals surface area contributed by atoms with Crippen LogP contribution in [-0.4, -0.2) is 44.3 Å². The molecule has 4 rings (SSSR count). The third kappa shape index (κ3) is 2.70. The van der Waals surface area contributed by atoms with E-state index in [0.29, 0.717) is 37.0 Å². The molecule has 4 aliphatic carbocycles. The zero-order valence-corrected chi connectivity index (χ0v) is 23.1. The molecule has 2 fully saturated rings. The number of allylic oxidation sites excluding steroid dienone is 3. The van der Waals surface area contributed by atoms with Crippen LogP contribution in [0.3, 0.4) is 0 Å².